The van der Waals surface area contributed by atoms with E-state index in [0.29, 0.717) is 6.07 Å². The highest BCUT2D eigenvalue weighted by atomic mass is 32.2. The van der Waals surface area contributed by atoms with Crippen LogP contribution in [0.5, 0.6) is 5.75 Å². The van der Waals surface area contributed by atoms with Crippen LogP contribution in [-0.2, 0) is 11.0 Å². The number of hydrogen-bond donors (Lipinski definition) is 2. The van der Waals surface area contributed by atoms with Gasteiger partial charge >= 0.3 is 6.18 Å². The lowest BCUT2D eigenvalue weighted by Gasteiger charge is -2.07. The summed E-state index contributed by atoms with van der Waals surface area (Å²) in [5.41, 5.74) is -0.925. The van der Waals surface area contributed by atoms with E-state index >= 15 is 0 Å². The van der Waals surface area contributed by atoms with Crippen molar-refractivity contribution in [3.05, 3.63) is 29.3 Å². The van der Waals surface area contributed by atoms with Gasteiger partial charge in [0.25, 0.3) is 0 Å². The summed E-state index contributed by atoms with van der Waals surface area (Å²) in [6.07, 6.45) is -3.49. The average molecular weight is 303 g/mol. The number of amides is 1. The molecule has 1 aliphatic heterocycles. The Morgan fingerprint density at radius 3 is 2.70 bits per heavy atom. The van der Waals surface area contributed by atoms with E-state index in [1.165, 1.54) is 0 Å². The van der Waals surface area contributed by atoms with Crippen molar-refractivity contribution in [2.24, 2.45) is 10.2 Å². The van der Waals surface area contributed by atoms with Gasteiger partial charge in [-0.3, -0.25) is 4.79 Å². The topological polar surface area (TPSA) is 74.0 Å². The van der Waals surface area contributed by atoms with E-state index in [1.54, 1.807) is 0 Å². The number of rotatable bonds is 2. The van der Waals surface area contributed by atoms with Gasteiger partial charge in [0, 0.05) is 0 Å². The molecular formula is C11H8F3N3O2S. The van der Waals surface area contributed by atoms with Crippen molar-refractivity contribution in [2.75, 3.05) is 5.75 Å². The molecule has 2 rings (SSSR count). The van der Waals surface area contributed by atoms with Gasteiger partial charge in [-0.15, -0.1) is 5.10 Å². The van der Waals surface area contributed by atoms with Crippen LogP contribution in [-0.4, -0.2) is 28.1 Å². The molecule has 1 heterocycles. The molecule has 106 valence electrons. The van der Waals surface area contributed by atoms with Crippen molar-refractivity contribution in [2.45, 2.75) is 6.18 Å². The summed E-state index contributed by atoms with van der Waals surface area (Å²) in [5.74, 6) is -0.489. The predicted octanol–water partition coefficient (Wildman–Crippen LogP) is 1.96. The van der Waals surface area contributed by atoms with Crippen molar-refractivity contribution >= 4 is 29.1 Å². The first kappa shape index (κ1) is 14.4. The lowest BCUT2D eigenvalue weighted by molar-refractivity contribution is -0.137. The average Bonchev–Trinajstić information content (AvgIpc) is 2.73. The molecule has 0 spiro atoms. The largest absolute Gasteiger partial charge is 0.508 e. The molecule has 0 bridgehead atoms. The Labute approximate surface area is 115 Å². The Morgan fingerprint density at radius 1 is 1.35 bits per heavy atom. The van der Waals surface area contributed by atoms with Crippen LogP contribution in [0.25, 0.3) is 0 Å². The number of phenolic OH excluding ortho intramolecular Hbond substituents is 1. The highest BCUT2D eigenvalue weighted by Crippen LogP contribution is 2.31. The van der Waals surface area contributed by atoms with Gasteiger partial charge in [0.15, 0.2) is 5.17 Å². The third-order valence-electron chi connectivity index (χ3n) is 2.21. The quantitative estimate of drug-likeness (QED) is 0.648. The Kier molecular flexibility index (Phi) is 3.98. The van der Waals surface area contributed by atoms with Crippen LogP contribution in [0.2, 0.25) is 0 Å². The number of alkyl halides is 3. The lowest BCUT2D eigenvalue weighted by Crippen LogP contribution is -2.19. The first-order valence-corrected chi connectivity index (χ1v) is 6.28. The first-order chi connectivity index (χ1) is 9.34. The molecule has 1 aromatic carbocycles. The molecule has 1 fully saturated rings. The number of thioether (sulfide) groups is 1. The van der Waals surface area contributed by atoms with Crippen LogP contribution in [0.3, 0.4) is 0 Å². The number of aromatic hydroxyl groups is 1. The summed E-state index contributed by atoms with van der Waals surface area (Å²) in [4.78, 5) is 10.9. The number of nitrogens with zero attached hydrogens (tertiary/aromatic N) is 2. The van der Waals surface area contributed by atoms with E-state index in [-0.39, 0.29) is 22.4 Å². The molecule has 1 saturated heterocycles. The molecule has 0 radical (unpaired) electrons. The molecule has 1 aromatic rings. The van der Waals surface area contributed by atoms with Crippen LogP contribution < -0.4 is 5.32 Å². The maximum atomic E-state index is 12.5. The number of phenols is 1. The minimum atomic E-state index is -4.55. The third-order valence-corrected chi connectivity index (χ3v) is 3.07. The van der Waals surface area contributed by atoms with Crippen molar-refractivity contribution in [3.8, 4) is 5.75 Å². The zero-order valence-corrected chi connectivity index (χ0v) is 10.6. The summed E-state index contributed by atoms with van der Waals surface area (Å²) >= 11 is 1.14. The molecular weight excluding hydrogens is 295 g/mol. The zero-order valence-electron chi connectivity index (χ0n) is 9.81. The molecule has 0 unspecified atom stereocenters. The van der Waals surface area contributed by atoms with E-state index in [1.807, 2.05) is 0 Å². The summed E-state index contributed by atoms with van der Waals surface area (Å²) in [7, 11) is 0. The second-order valence-electron chi connectivity index (χ2n) is 3.80. The highest BCUT2D eigenvalue weighted by molar-refractivity contribution is 8.15. The van der Waals surface area contributed by atoms with Crippen molar-refractivity contribution in [1.82, 2.24) is 5.32 Å². The molecule has 2 N–H and O–H groups in total. The smallest absolute Gasteiger partial charge is 0.416 e. The number of hydrogen-bond acceptors (Lipinski definition) is 5. The maximum Gasteiger partial charge on any atom is 0.416 e. The number of halogens is 3. The van der Waals surface area contributed by atoms with Crippen LogP contribution >= 0.6 is 11.8 Å². The lowest BCUT2D eigenvalue weighted by atomic mass is 10.1. The fraction of sp³-hybridized carbons (Fsp3) is 0.182. The van der Waals surface area contributed by atoms with Gasteiger partial charge in [-0.2, -0.15) is 18.3 Å². The molecule has 1 amide bonds. The predicted molar refractivity (Wildman–Crippen MR) is 68.7 cm³/mol. The van der Waals surface area contributed by atoms with Gasteiger partial charge in [-0.1, -0.05) is 11.8 Å². The van der Waals surface area contributed by atoms with E-state index in [0.717, 1.165) is 30.1 Å². The standard InChI is InChI=1S/C11H8F3N3O2S/c12-11(13,14)7-1-6(2-8(18)3-7)4-15-17-10-16-9(19)5-20-10/h1-4,18H,5H2,(H,16,17,19). The SMILES string of the molecule is O=C1CSC(=NN=Cc2cc(O)cc(C(F)(F)F)c2)N1. The van der Waals surface area contributed by atoms with Gasteiger partial charge < -0.3 is 10.4 Å². The second kappa shape index (κ2) is 5.53. The van der Waals surface area contributed by atoms with E-state index in [2.05, 4.69) is 15.5 Å². The van der Waals surface area contributed by atoms with Crippen LogP contribution in [0.15, 0.2) is 28.4 Å². The summed E-state index contributed by atoms with van der Waals surface area (Å²) < 4.78 is 37.6. The number of carbonyl (C=O) groups is 1. The Bertz CT molecular complexity index is 599. The molecule has 9 heteroatoms. The molecule has 0 aliphatic carbocycles. The summed E-state index contributed by atoms with van der Waals surface area (Å²) in [6, 6.07) is 2.58. The summed E-state index contributed by atoms with van der Waals surface area (Å²) in [5, 5.41) is 19.2. The van der Waals surface area contributed by atoms with Gasteiger partial charge in [-0.25, -0.2) is 0 Å². The highest BCUT2D eigenvalue weighted by Gasteiger charge is 2.31. The van der Waals surface area contributed by atoms with Crippen molar-refractivity contribution < 1.29 is 23.1 Å². The van der Waals surface area contributed by atoms with Crippen LogP contribution in [0, 0.1) is 0 Å². The number of benzene rings is 1. The molecule has 5 nitrogen and oxygen atoms in total. The van der Waals surface area contributed by atoms with Crippen LogP contribution in [0.1, 0.15) is 11.1 Å². The Balaban J connectivity index is 2.17. The number of carbonyl (C=O) groups excluding carboxylic acids is 1. The van der Waals surface area contributed by atoms with Gasteiger partial charge in [0.1, 0.15) is 5.75 Å². The molecule has 20 heavy (non-hydrogen) atoms. The second-order valence-corrected chi connectivity index (χ2v) is 4.76. The Morgan fingerprint density at radius 2 is 2.10 bits per heavy atom. The summed E-state index contributed by atoms with van der Waals surface area (Å²) in [6.45, 7) is 0. The Hall–Kier alpha value is -2.03. The van der Waals surface area contributed by atoms with Crippen molar-refractivity contribution in [1.29, 1.82) is 0 Å². The molecule has 1 aliphatic rings. The minimum absolute atomic E-state index is 0.0519. The fourth-order valence-corrected chi connectivity index (χ4v) is 2.03. The maximum absolute atomic E-state index is 12.5. The first-order valence-electron chi connectivity index (χ1n) is 5.29. The van der Waals surface area contributed by atoms with Gasteiger partial charge in [0.05, 0.1) is 17.5 Å². The molecule has 0 atom stereocenters. The molecule has 0 saturated carbocycles. The van der Waals surface area contributed by atoms with E-state index in [4.69, 9.17) is 0 Å². The van der Waals surface area contributed by atoms with Gasteiger partial charge in [0.2, 0.25) is 5.91 Å². The fourth-order valence-electron chi connectivity index (χ4n) is 1.40. The van der Waals surface area contributed by atoms with E-state index in [9.17, 15) is 23.1 Å². The minimum Gasteiger partial charge on any atom is -0.508 e. The monoisotopic (exact) mass is 303 g/mol. The number of nitrogens with one attached hydrogen (secondary N) is 1. The van der Waals surface area contributed by atoms with Gasteiger partial charge in [-0.05, 0) is 23.8 Å². The normalized spacial score (nSPS) is 17.9. The zero-order chi connectivity index (χ0) is 14.8. The van der Waals surface area contributed by atoms with E-state index < -0.39 is 17.5 Å². The van der Waals surface area contributed by atoms with Crippen LogP contribution in [0.4, 0.5) is 13.2 Å². The molecule has 0 aromatic heterocycles. The van der Waals surface area contributed by atoms with Crippen molar-refractivity contribution in [3.63, 3.8) is 0 Å². The number of amidine groups is 1. The third kappa shape index (κ3) is 3.73.